The Labute approximate surface area is 158 Å². The van der Waals surface area contributed by atoms with Gasteiger partial charge < -0.3 is 21.3 Å². The van der Waals surface area contributed by atoms with Crippen LogP contribution < -0.4 is 21.3 Å². The van der Waals surface area contributed by atoms with Crippen molar-refractivity contribution in [3.8, 4) is 0 Å². The Bertz CT molecular complexity index is 518. The number of fused-ring (bicyclic) bond motifs is 4. The number of hydrogen-bond donors (Lipinski definition) is 4. The van der Waals surface area contributed by atoms with Gasteiger partial charge in [-0.2, -0.15) is 0 Å². The van der Waals surface area contributed by atoms with Crippen LogP contribution in [-0.4, -0.2) is 42.2 Å². The minimum absolute atomic E-state index is 0.569. The standard InChI is InChI=1S/C21H35N5/c1-3-10-20-18(8-1)22-12-13-23-19-9-2-4-11-21(19)25-15-17-7-5-6-16(26-17)14-24-20/h5-7,18-25H,1-4,8-15H2/t18?,19?,20-,21?/m1/s1. The van der Waals surface area contributed by atoms with E-state index in [4.69, 9.17) is 4.98 Å². The number of nitrogens with zero attached hydrogens (tertiary/aromatic N) is 1. The van der Waals surface area contributed by atoms with E-state index < -0.39 is 0 Å². The number of pyridine rings is 1. The highest BCUT2D eigenvalue weighted by atomic mass is 15.1. The fourth-order valence-corrected chi connectivity index (χ4v) is 4.95. The van der Waals surface area contributed by atoms with Crippen molar-refractivity contribution in [1.29, 1.82) is 0 Å². The van der Waals surface area contributed by atoms with E-state index in [9.17, 15) is 0 Å². The Morgan fingerprint density at radius 3 is 1.50 bits per heavy atom. The first-order chi connectivity index (χ1) is 12.9. The van der Waals surface area contributed by atoms with Crippen LogP contribution in [-0.2, 0) is 13.1 Å². The van der Waals surface area contributed by atoms with Gasteiger partial charge >= 0.3 is 0 Å². The van der Waals surface area contributed by atoms with Gasteiger partial charge in [0.15, 0.2) is 0 Å². The van der Waals surface area contributed by atoms with Crippen molar-refractivity contribution in [3.63, 3.8) is 0 Å². The lowest BCUT2D eigenvalue weighted by atomic mass is 9.89. The zero-order valence-corrected chi connectivity index (χ0v) is 16.0. The second kappa shape index (κ2) is 9.27. The molecule has 2 fully saturated rings. The fraction of sp³-hybridized carbons (Fsp3) is 0.762. The Balaban J connectivity index is 1.47. The van der Waals surface area contributed by atoms with Crippen LogP contribution in [0, 0.1) is 0 Å². The van der Waals surface area contributed by atoms with E-state index in [2.05, 4.69) is 39.5 Å². The average Bonchev–Trinajstić information content (AvgIpc) is 2.69. The van der Waals surface area contributed by atoms with E-state index in [0.29, 0.717) is 24.2 Å². The SMILES string of the molecule is c1cc2nc(c1)CN[C@@H]1CCCCC1NCCNC1CCCCC1NC2. The van der Waals surface area contributed by atoms with Crippen LogP contribution >= 0.6 is 0 Å². The molecule has 0 aromatic carbocycles. The first-order valence-electron chi connectivity index (χ1n) is 10.8. The van der Waals surface area contributed by atoms with Crippen molar-refractivity contribution < 1.29 is 0 Å². The summed E-state index contributed by atoms with van der Waals surface area (Å²) in [5.41, 5.74) is 2.34. The van der Waals surface area contributed by atoms with Gasteiger partial charge in [-0.1, -0.05) is 31.7 Å². The summed E-state index contributed by atoms with van der Waals surface area (Å²) in [6.07, 6.45) is 10.5. The molecular weight excluding hydrogens is 322 g/mol. The first kappa shape index (κ1) is 18.4. The summed E-state index contributed by atoms with van der Waals surface area (Å²) in [7, 11) is 0. The molecule has 5 nitrogen and oxygen atoms in total. The quantitative estimate of drug-likeness (QED) is 0.573. The van der Waals surface area contributed by atoms with E-state index in [1.807, 2.05) is 0 Å². The number of aromatic nitrogens is 1. The number of nitrogens with one attached hydrogen (secondary N) is 4. The van der Waals surface area contributed by atoms with E-state index in [0.717, 1.165) is 26.2 Å². The average molecular weight is 358 g/mol. The normalized spacial score (nSPS) is 34.0. The van der Waals surface area contributed by atoms with Crippen LogP contribution in [0.5, 0.6) is 0 Å². The van der Waals surface area contributed by atoms with Gasteiger partial charge in [-0.15, -0.1) is 0 Å². The van der Waals surface area contributed by atoms with Gasteiger partial charge in [-0.3, -0.25) is 4.98 Å². The molecule has 26 heavy (non-hydrogen) atoms. The largest absolute Gasteiger partial charge is 0.311 e. The molecule has 0 saturated heterocycles. The molecule has 0 spiro atoms. The molecule has 1 aromatic rings. The Morgan fingerprint density at radius 2 is 1.04 bits per heavy atom. The van der Waals surface area contributed by atoms with Gasteiger partial charge in [0.25, 0.3) is 0 Å². The lowest BCUT2D eigenvalue weighted by Gasteiger charge is -2.34. The Hall–Kier alpha value is -1.01. The number of rotatable bonds is 0. The van der Waals surface area contributed by atoms with Gasteiger partial charge in [-0.25, -0.2) is 0 Å². The van der Waals surface area contributed by atoms with Crippen LogP contribution in [0.25, 0.3) is 0 Å². The number of hydrogen-bond acceptors (Lipinski definition) is 5. The summed E-state index contributed by atoms with van der Waals surface area (Å²) in [5.74, 6) is 0. The second-order valence-corrected chi connectivity index (χ2v) is 8.29. The van der Waals surface area contributed by atoms with Crippen LogP contribution in [0.4, 0.5) is 0 Å². The molecule has 1 aliphatic heterocycles. The molecule has 0 radical (unpaired) electrons. The highest BCUT2D eigenvalue weighted by molar-refractivity contribution is 5.12. The zero-order valence-electron chi connectivity index (χ0n) is 16.0. The summed E-state index contributed by atoms with van der Waals surface area (Å²) in [4.78, 5) is 4.89. The second-order valence-electron chi connectivity index (χ2n) is 8.29. The molecule has 3 aliphatic rings. The summed E-state index contributed by atoms with van der Waals surface area (Å²) >= 11 is 0. The molecular formula is C21H35N5. The van der Waals surface area contributed by atoms with Crippen molar-refractivity contribution in [1.82, 2.24) is 26.3 Å². The van der Waals surface area contributed by atoms with Crippen molar-refractivity contribution in [3.05, 3.63) is 29.6 Å². The van der Waals surface area contributed by atoms with Crippen LogP contribution in [0.15, 0.2) is 18.2 Å². The monoisotopic (exact) mass is 357 g/mol. The summed E-state index contributed by atoms with van der Waals surface area (Å²) in [5, 5.41) is 15.2. The topological polar surface area (TPSA) is 61.0 Å². The molecule has 4 atom stereocenters. The van der Waals surface area contributed by atoms with E-state index in [1.165, 1.54) is 62.8 Å². The molecule has 2 heterocycles. The lowest BCUT2D eigenvalue weighted by Crippen LogP contribution is -2.53. The van der Waals surface area contributed by atoms with E-state index >= 15 is 0 Å². The third-order valence-electron chi connectivity index (χ3n) is 6.43. The van der Waals surface area contributed by atoms with E-state index in [1.54, 1.807) is 0 Å². The maximum atomic E-state index is 4.89. The third kappa shape index (κ3) is 4.83. The molecule has 4 rings (SSSR count). The van der Waals surface area contributed by atoms with Gasteiger partial charge in [0.1, 0.15) is 0 Å². The minimum atomic E-state index is 0.569. The van der Waals surface area contributed by atoms with Crippen LogP contribution in [0.1, 0.15) is 62.8 Å². The molecule has 0 amide bonds. The maximum absolute atomic E-state index is 4.89. The summed E-state index contributed by atoms with van der Waals surface area (Å²) in [6.45, 7) is 3.89. The summed E-state index contributed by atoms with van der Waals surface area (Å²) in [6, 6.07) is 8.81. The molecule has 2 aliphatic carbocycles. The minimum Gasteiger partial charge on any atom is -0.311 e. The zero-order chi connectivity index (χ0) is 17.6. The fourth-order valence-electron chi connectivity index (χ4n) is 4.95. The van der Waals surface area contributed by atoms with Gasteiger partial charge in [0.2, 0.25) is 0 Å². The highest BCUT2D eigenvalue weighted by Gasteiger charge is 2.26. The molecule has 5 heteroatoms. The van der Waals surface area contributed by atoms with Crippen LogP contribution in [0.3, 0.4) is 0 Å². The van der Waals surface area contributed by atoms with Crippen molar-refractivity contribution >= 4 is 0 Å². The molecule has 4 N–H and O–H groups in total. The predicted octanol–water partition coefficient (Wildman–Crippen LogP) is 2.08. The van der Waals surface area contributed by atoms with E-state index in [-0.39, 0.29) is 0 Å². The smallest absolute Gasteiger partial charge is 0.0545 e. The van der Waals surface area contributed by atoms with Crippen molar-refractivity contribution in [2.75, 3.05) is 13.1 Å². The van der Waals surface area contributed by atoms with Gasteiger partial charge in [0.05, 0.1) is 11.4 Å². The van der Waals surface area contributed by atoms with Gasteiger partial charge in [-0.05, 0) is 37.8 Å². The first-order valence-corrected chi connectivity index (χ1v) is 10.8. The lowest BCUT2D eigenvalue weighted by molar-refractivity contribution is 0.266. The summed E-state index contributed by atoms with van der Waals surface area (Å²) < 4.78 is 0. The molecule has 2 saturated carbocycles. The van der Waals surface area contributed by atoms with Crippen molar-refractivity contribution in [2.24, 2.45) is 0 Å². The molecule has 2 bridgehead atoms. The predicted molar refractivity (Wildman–Crippen MR) is 106 cm³/mol. The van der Waals surface area contributed by atoms with Crippen LogP contribution in [0.2, 0.25) is 0 Å². The Morgan fingerprint density at radius 1 is 0.615 bits per heavy atom. The molecule has 3 unspecified atom stereocenters. The van der Waals surface area contributed by atoms with Crippen molar-refractivity contribution in [2.45, 2.75) is 88.6 Å². The van der Waals surface area contributed by atoms with Gasteiger partial charge in [0, 0.05) is 50.3 Å². The molecule has 144 valence electrons. The third-order valence-corrected chi connectivity index (χ3v) is 6.43. The Kier molecular flexibility index (Phi) is 6.54. The molecule has 1 aromatic heterocycles. The highest BCUT2D eigenvalue weighted by Crippen LogP contribution is 2.20. The maximum Gasteiger partial charge on any atom is 0.0545 e.